The highest BCUT2D eigenvalue weighted by atomic mass is 79.9. The van der Waals surface area contributed by atoms with Crippen LogP contribution in [0.25, 0.3) is 10.8 Å². The first-order valence-electron chi connectivity index (χ1n) is 11.4. The van der Waals surface area contributed by atoms with Gasteiger partial charge in [-0.25, -0.2) is 22.5 Å². The van der Waals surface area contributed by atoms with Crippen LogP contribution in [0.5, 0.6) is 5.75 Å². The molecule has 4 aromatic rings. The molecule has 0 saturated heterocycles. The summed E-state index contributed by atoms with van der Waals surface area (Å²) in [6, 6.07) is 16.3. The Kier molecular flexibility index (Phi) is 7.89. The second-order valence-electron chi connectivity index (χ2n) is 8.57. The Morgan fingerprint density at radius 2 is 1.64 bits per heavy atom. The van der Waals surface area contributed by atoms with E-state index in [1.165, 1.54) is 37.4 Å². The van der Waals surface area contributed by atoms with Crippen LogP contribution in [0.15, 0.2) is 76.2 Å². The predicted octanol–water partition coefficient (Wildman–Crippen LogP) is 6.69. The molecule has 204 valence electrons. The van der Waals surface area contributed by atoms with Crippen LogP contribution < -0.4 is 9.04 Å². The highest BCUT2D eigenvalue weighted by molar-refractivity contribution is 9.10. The van der Waals surface area contributed by atoms with Crippen LogP contribution in [0, 0.1) is 13.8 Å². The Morgan fingerprint density at radius 3 is 2.23 bits per heavy atom. The van der Waals surface area contributed by atoms with Gasteiger partial charge in [-0.2, -0.15) is 0 Å². The molecule has 0 bridgehead atoms. The number of esters is 1. The molecule has 0 atom stereocenters. The van der Waals surface area contributed by atoms with Crippen molar-refractivity contribution >= 4 is 48.5 Å². The van der Waals surface area contributed by atoms with Crippen LogP contribution in [-0.2, 0) is 21.3 Å². The number of rotatable bonds is 7. The molecule has 0 unspecified atom stereocenters. The zero-order chi connectivity index (χ0) is 28.5. The van der Waals surface area contributed by atoms with Gasteiger partial charge in [-0.05, 0) is 76.6 Å². The number of ether oxygens (including phenoxy) is 2. The van der Waals surface area contributed by atoms with Gasteiger partial charge in [-0.15, -0.1) is 13.2 Å². The number of benzene rings is 3. The molecule has 39 heavy (non-hydrogen) atoms. The summed E-state index contributed by atoms with van der Waals surface area (Å²) in [5.41, 5.74) is 1.57. The molecule has 0 N–H and O–H groups in total. The molecule has 3 aromatic carbocycles. The minimum atomic E-state index is -4.86. The van der Waals surface area contributed by atoms with Crippen LogP contribution in [0.2, 0.25) is 0 Å². The smallest absolute Gasteiger partial charge is 0.465 e. The maximum atomic E-state index is 14.1. The van der Waals surface area contributed by atoms with E-state index in [4.69, 9.17) is 4.74 Å². The number of hydrogen-bond acceptors (Lipinski definition) is 6. The van der Waals surface area contributed by atoms with Gasteiger partial charge in [0.15, 0.2) is 0 Å². The van der Waals surface area contributed by atoms with E-state index >= 15 is 0 Å². The van der Waals surface area contributed by atoms with Crippen molar-refractivity contribution in [3.8, 4) is 5.75 Å². The number of aryl methyl sites for hydroxylation is 2. The van der Waals surface area contributed by atoms with Crippen LogP contribution in [0.3, 0.4) is 0 Å². The minimum absolute atomic E-state index is 0.102. The fourth-order valence-corrected chi connectivity index (χ4v) is 6.15. The summed E-state index contributed by atoms with van der Waals surface area (Å²) in [5.74, 6) is -0.909. The van der Waals surface area contributed by atoms with Gasteiger partial charge in [0.25, 0.3) is 10.0 Å². The summed E-state index contributed by atoms with van der Waals surface area (Å²) < 4.78 is 76.2. The molecular weight excluding hydrogens is 601 g/mol. The van der Waals surface area contributed by atoms with Crippen molar-refractivity contribution in [3.05, 3.63) is 93.6 Å². The average molecular weight is 623 g/mol. The summed E-state index contributed by atoms with van der Waals surface area (Å²) in [4.78, 5) is 16.5. The van der Waals surface area contributed by atoms with Gasteiger partial charge in [0.05, 0.1) is 24.1 Å². The van der Waals surface area contributed by atoms with Gasteiger partial charge >= 0.3 is 12.3 Å². The largest absolute Gasteiger partial charge is 0.573 e. The molecule has 0 aliphatic heterocycles. The van der Waals surface area contributed by atoms with E-state index in [1.807, 2.05) is 24.3 Å². The number of halogens is 4. The van der Waals surface area contributed by atoms with E-state index in [0.29, 0.717) is 21.3 Å². The number of methoxy groups -OCH3 is 1. The quantitative estimate of drug-likeness (QED) is 0.168. The molecule has 0 aliphatic rings. The van der Waals surface area contributed by atoms with Crippen molar-refractivity contribution in [1.82, 2.24) is 4.98 Å². The number of nitrogens with zero attached hydrogens (tertiary/aromatic N) is 2. The fourth-order valence-electron chi connectivity index (χ4n) is 4.09. The lowest BCUT2D eigenvalue weighted by Gasteiger charge is -2.26. The van der Waals surface area contributed by atoms with Crippen molar-refractivity contribution < 1.29 is 35.9 Å². The van der Waals surface area contributed by atoms with Gasteiger partial charge in [0.1, 0.15) is 16.2 Å². The van der Waals surface area contributed by atoms with E-state index < -0.39 is 28.1 Å². The lowest BCUT2D eigenvalue weighted by Crippen LogP contribution is -2.32. The Bertz CT molecular complexity index is 1660. The Hall–Kier alpha value is -3.64. The highest BCUT2D eigenvalue weighted by Crippen LogP contribution is 2.35. The van der Waals surface area contributed by atoms with Crippen LogP contribution in [0.1, 0.15) is 27.0 Å². The number of hydrogen-bond donors (Lipinski definition) is 0. The number of pyridine rings is 1. The van der Waals surface area contributed by atoms with Crippen molar-refractivity contribution in [2.75, 3.05) is 11.4 Å². The minimum Gasteiger partial charge on any atom is -0.465 e. The third-order valence-electron chi connectivity index (χ3n) is 6.00. The molecule has 1 heterocycles. The van der Waals surface area contributed by atoms with Crippen LogP contribution in [0.4, 0.5) is 19.0 Å². The maximum absolute atomic E-state index is 14.1. The Balaban J connectivity index is 1.85. The first kappa shape index (κ1) is 28.4. The normalized spacial score (nSPS) is 11.9. The number of sulfonamides is 1. The lowest BCUT2D eigenvalue weighted by molar-refractivity contribution is -0.274. The summed E-state index contributed by atoms with van der Waals surface area (Å²) in [5, 5.41) is 1.55. The highest BCUT2D eigenvalue weighted by Gasteiger charge is 2.32. The molecule has 7 nitrogen and oxygen atoms in total. The zero-order valence-corrected chi connectivity index (χ0v) is 23.3. The van der Waals surface area contributed by atoms with Crippen LogP contribution >= 0.6 is 15.9 Å². The first-order valence-corrected chi connectivity index (χ1v) is 13.7. The van der Waals surface area contributed by atoms with Crippen LogP contribution in [-0.4, -0.2) is 32.8 Å². The number of aromatic nitrogens is 1. The molecule has 0 aliphatic carbocycles. The zero-order valence-electron chi connectivity index (χ0n) is 20.9. The third-order valence-corrected chi connectivity index (χ3v) is 8.34. The van der Waals surface area contributed by atoms with Gasteiger partial charge in [-0.1, -0.05) is 36.4 Å². The molecule has 0 radical (unpaired) electrons. The predicted molar refractivity (Wildman–Crippen MR) is 143 cm³/mol. The maximum Gasteiger partial charge on any atom is 0.573 e. The standard InChI is InChI=1S/C27H22BrF3N2O5S/c1-16-14-20(12-13-21(16)26(34)37-3)39(35,36)33(15-18-8-10-19(11-9-18)38-27(29,30)31)25-17(2)22-6-4-5-7-23(22)24(28)32-25/h4-14H,15H2,1-3H3. The lowest BCUT2D eigenvalue weighted by atomic mass is 10.1. The summed E-state index contributed by atoms with van der Waals surface area (Å²) >= 11 is 3.43. The van der Waals surface area contributed by atoms with Gasteiger partial charge in [-0.3, -0.25) is 0 Å². The molecule has 0 amide bonds. The number of carbonyl (C=O) groups excluding carboxylic acids is 1. The topological polar surface area (TPSA) is 85.8 Å². The van der Waals surface area contributed by atoms with Gasteiger partial charge in [0.2, 0.25) is 0 Å². The van der Waals surface area contributed by atoms with E-state index in [1.54, 1.807) is 13.8 Å². The summed E-state index contributed by atoms with van der Waals surface area (Å²) in [7, 11) is -3.06. The van der Waals surface area contributed by atoms with E-state index in [-0.39, 0.29) is 22.8 Å². The van der Waals surface area contributed by atoms with E-state index in [9.17, 15) is 26.4 Å². The van der Waals surface area contributed by atoms with E-state index in [2.05, 4.69) is 25.7 Å². The Labute approximate surface area is 231 Å². The summed E-state index contributed by atoms with van der Waals surface area (Å²) in [6.45, 7) is 3.08. The fraction of sp³-hybridized carbons (Fsp3) is 0.185. The molecule has 0 saturated carbocycles. The van der Waals surface area contributed by atoms with E-state index in [0.717, 1.165) is 27.2 Å². The molecule has 12 heteroatoms. The number of fused-ring (bicyclic) bond motifs is 1. The van der Waals surface area contributed by atoms with Crippen molar-refractivity contribution in [3.63, 3.8) is 0 Å². The Morgan fingerprint density at radius 1 is 1.00 bits per heavy atom. The number of alkyl halides is 3. The molecule has 1 aromatic heterocycles. The monoisotopic (exact) mass is 622 g/mol. The first-order chi connectivity index (χ1) is 18.3. The number of carbonyl (C=O) groups is 1. The third kappa shape index (κ3) is 6.01. The average Bonchev–Trinajstić information content (AvgIpc) is 2.89. The van der Waals surface area contributed by atoms with Gasteiger partial charge < -0.3 is 9.47 Å². The summed E-state index contributed by atoms with van der Waals surface area (Å²) in [6.07, 6.45) is -4.86. The molecule has 0 fully saturated rings. The SMILES string of the molecule is COC(=O)c1ccc(S(=O)(=O)N(Cc2ccc(OC(F)(F)F)cc2)c2nc(Br)c3ccccc3c2C)cc1C. The van der Waals surface area contributed by atoms with Gasteiger partial charge in [0, 0.05) is 10.9 Å². The van der Waals surface area contributed by atoms with Crippen molar-refractivity contribution in [2.45, 2.75) is 31.7 Å². The van der Waals surface area contributed by atoms with Crippen molar-refractivity contribution in [1.29, 1.82) is 0 Å². The number of anilines is 1. The molecule has 0 spiro atoms. The van der Waals surface area contributed by atoms with Crippen molar-refractivity contribution in [2.24, 2.45) is 0 Å². The molecular formula is C27H22BrF3N2O5S. The molecule has 4 rings (SSSR count). The second kappa shape index (κ2) is 10.9. The second-order valence-corrected chi connectivity index (χ2v) is 11.2.